The van der Waals surface area contributed by atoms with Gasteiger partial charge in [0, 0.05) is 17.1 Å². The maximum Gasteiger partial charge on any atom is 0.0546 e. The van der Waals surface area contributed by atoms with Crippen LogP contribution in [0.25, 0.3) is 0 Å². The van der Waals surface area contributed by atoms with Crippen LogP contribution in [0.2, 0.25) is 0 Å². The third-order valence-electron chi connectivity index (χ3n) is 3.43. The summed E-state index contributed by atoms with van der Waals surface area (Å²) in [7, 11) is 1.79. The summed E-state index contributed by atoms with van der Waals surface area (Å²) < 4.78 is 6.57. The van der Waals surface area contributed by atoms with Gasteiger partial charge in [-0.25, -0.2) is 0 Å². The molecule has 0 radical (unpaired) electrons. The van der Waals surface area contributed by atoms with E-state index in [1.54, 1.807) is 7.11 Å². The smallest absolute Gasteiger partial charge is 0.0546 e. The summed E-state index contributed by atoms with van der Waals surface area (Å²) in [4.78, 5) is 0. The minimum absolute atomic E-state index is 0.161. The molecule has 0 aliphatic carbocycles. The van der Waals surface area contributed by atoms with Crippen LogP contribution >= 0.6 is 15.9 Å². The molecule has 1 rings (SSSR count). The quantitative estimate of drug-likeness (QED) is 0.792. The lowest BCUT2D eigenvalue weighted by Crippen LogP contribution is -2.40. The SMILES string of the molecule is COC(C)CC(CNC(C)(C)C)Cc1ccc(Br)cc1. The Morgan fingerprint density at radius 2 is 1.80 bits per heavy atom. The third kappa shape index (κ3) is 7.41. The molecule has 0 amide bonds. The maximum atomic E-state index is 5.43. The molecular formula is C17H28BrNO. The number of rotatable bonds is 7. The van der Waals surface area contributed by atoms with Crippen molar-refractivity contribution in [1.29, 1.82) is 0 Å². The van der Waals surface area contributed by atoms with E-state index in [1.165, 1.54) is 5.56 Å². The van der Waals surface area contributed by atoms with Crippen LogP contribution in [0.1, 0.15) is 39.7 Å². The zero-order valence-electron chi connectivity index (χ0n) is 13.4. The largest absolute Gasteiger partial charge is 0.382 e. The first-order valence-electron chi connectivity index (χ1n) is 7.32. The molecule has 0 aliphatic rings. The van der Waals surface area contributed by atoms with E-state index in [1.807, 2.05) is 0 Å². The summed E-state index contributed by atoms with van der Waals surface area (Å²) in [5, 5.41) is 3.62. The first-order valence-corrected chi connectivity index (χ1v) is 8.11. The zero-order chi connectivity index (χ0) is 15.2. The Labute approximate surface area is 132 Å². The number of ether oxygens (including phenoxy) is 1. The summed E-state index contributed by atoms with van der Waals surface area (Å²) in [6.45, 7) is 9.80. The molecule has 20 heavy (non-hydrogen) atoms. The predicted molar refractivity (Wildman–Crippen MR) is 90.2 cm³/mol. The molecule has 3 heteroatoms. The number of methoxy groups -OCH3 is 1. The van der Waals surface area contributed by atoms with Crippen LogP contribution in [0.15, 0.2) is 28.7 Å². The van der Waals surface area contributed by atoms with Gasteiger partial charge in [-0.05, 0) is 70.7 Å². The van der Waals surface area contributed by atoms with Gasteiger partial charge in [-0.1, -0.05) is 28.1 Å². The molecule has 0 saturated carbocycles. The highest BCUT2D eigenvalue weighted by molar-refractivity contribution is 9.10. The van der Waals surface area contributed by atoms with E-state index in [-0.39, 0.29) is 5.54 Å². The minimum Gasteiger partial charge on any atom is -0.382 e. The van der Waals surface area contributed by atoms with Gasteiger partial charge < -0.3 is 10.1 Å². The van der Waals surface area contributed by atoms with Gasteiger partial charge in [-0.15, -0.1) is 0 Å². The van der Waals surface area contributed by atoms with E-state index in [9.17, 15) is 0 Å². The molecule has 1 aromatic carbocycles. The predicted octanol–water partition coefficient (Wildman–Crippen LogP) is 4.42. The van der Waals surface area contributed by atoms with Gasteiger partial charge in [0.15, 0.2) is 0 Å². The van der Waals surface area contributed by atoms with Crippen LogP contribution in [-0.4, -0.2) is 25.3 Å². The van der Waals surface area contributed by atoms with Crippen molar-refractivity contribution in [3.63, 3.8) is 0 Å². The normalized spacial score (nSPS) is 15.1. The molecule has 0 heterocycles. The van der Waals surface area contributed by atoms with Gasteiger partial charge in [0.05, 0.1) is 6.10 Å². The Morgan fingerprint density at radius 1 is 1.20 bits per heavy atom. The lowest BCUT2D eigenvalue weighted by molar-refractivity contribution is 0.0934. The van der Waals surface area contributed by atoms with E-state index in [0.717, 1.165) is 23.9 Å². The van der Waals surface area contributed by atoms with Crippen molar-refractivity contribution in [3.05, 3.63) is 34.3 Å². The number of hydrogen-bond acceptors (Lipinski definition) is 2. The standard InChI is InChI=1S/C17H28BrNO/c1-13(20-5)10-15(12-19-17(2,3)4)11-14-6-8-16(18)9-7-14/h6-9,13,15,19H,10-12H2,1-5H3. The molecule has 114 valence electrons. The lowest BCUT2D eigenvalue weighted by Gasteiger charge is -2.27. The molecule has 0 aromatic heterocycles. The van der Waals surface area contributed by atoms with Crippen molar-refractivity contribution < 1.29 is 4.74 Å². The monoisotopic (exact) mass is 341 g/mol. The van der Waals surface area contributed by atoms with Crippen LogP contribution < -0.4 is 5.32 Å². The van der Waals surface area contributed by atoms with Crippen LogP contribution in [0.5, 0.6) is 0 Å². The Balaban J connectivity index is 2.63. The number of nitrogens with one attached hydrogen (secondary N) is 1. The second-order valence-electron chi connectivity index (χ2n) is 6.61. The Bertz CT molecular complexity index is 383. The highest BCUT2D eigenvalue weighted by Gasteiger charge is 2.17. The van der Waals surface area contributed by atoms with Gasteiger partial charge in [-0.3, -0.25) is 0 Å². The molecule has 2 nitrogen and oxygen atoms in total. The first-order chi connectivity index (χ1) is 9.30. The average molecular weight is 342 g/mol. The molecule has 1 aromatic rings. The summed E-state index contributed by atoms with van der Waals surface area (Å²) in [5.41, 5.74) is 1.55. The highest BCUT2D eigenvalue weighted by Crippen LogP contribution is 2.18. The molecule has 2 unspecified atom stereocenters. The van der Waals surface area contributed by atoms with Gasteiger partial charge >= 0.3 is 0 Å². The van der Waals surface area contributed by atoms with Gasteiger partial charge in [-0.2, -0.15) is 0 Å². The van der Waals surface area contributed by atoms with Crippen LogP contribution in [0.3, 0.4) is 0 Å². The molecule has 0 fully saturated rings. The van der Waals surface area contributed by atoms with E-state index >= 15 is 0 Å². The molecular weight excluding hydrogens is 314 g/mol. The molecule has 0 bridgehead atoms. The van der Waals surface area contributed by atoms with Crippen molar-refractivity contribution in [2.24, 2.45) is 5.92 Å². The fraction of sp³-hybridized carbons (Fsp3) is 0.647. The van der Waals surface area contributed by atoms with Crippen LogP contribution in [-0.2, 0) is 11.2 Å². The van der Waals surface area contributed by atoms with E-state index in [0.29, 0.717) is 12.0 Å². The topological polar surface area (TPSA) is 21.3 Å². The highest BCUT2D eigenvalue weighted by atomic mass is 79.9. The second-order valence-corrected chi connectivity index (χ2v) is 7.53. The van der Waals surface area contributed by atoms with Crippen LogP contribution in [0, 0.1) is 5.92 Å². The van der Waals surface area contributed by atoms with Crippen molar-refractivity contribution in [3.8, 4) is 0 Å². The number of benzene rings is 1. The van der Waals surface area contributed by atoms with Crippen molar-refractivity contribution in [1.82, 2.24) is 5.32 Å². The van der Waals surface area contributed by atoms with E-state index < -0.39 is 0 Å². The van der Waals surface area contributed by atoms with E-state index in [2.05, 4.69) is 73.2 Å². The summed E-state index contributed by atoms with van der Waals surface area (Å²) in [6, 6.07) is 8.63. The zero-order valence-corrected chi connectivity index (χ0v) is 15.0. The molecule has 0 saturated heterocycles. The molecule has 2 atom stereocenters. The minimum atomic E-state index is 0.161. The Kier molecular flexibility index (Phi) is 7.21. The Morgan fingerprint density at radius 3 is 2.30 bits per heavy atom. The van der Waals surface area contributed by atoms with Crippen molar-refractivity contribution in [2.45, 2.75) is 52.2 Å². The maximum absolute atomic E-state index is 5.43. The fourth-order valence-corrected chi connectivity index (χ4v) is 2.47. The summed E-state index contributed by atoms with van der Waals surface area (Å²) in [5.74, 6) is 0.588. The summed E-state index contributed by atoms with van der Waals surface area (Å²) in [6.07, 6.45) is 2.47. The van der Waals surface area contributed by atoms with Gasteiger partial charge in [0.1, 0.15) is 0 Å². The van der Waals surface area contributed by atoms with Crippen molar-refractivity contribution >= 4 is 15.9 Å². The van der Waals surface area contributed by atoms with E-state index in [4.69, 9.17) is 4.74 Å². The van der Waals surface area contributed by atoms with Gasteiger partial charge in [0.25, 0.3) is 0 Å². The molecule has 0 spiro atoms. The first kappa shape index (κ1) is 17.7. The van der Waals surface area contributed by atoms with Crippen molar-refractivity contribution in [2.75, 3.05) is 13.7 Å². The van der Waals surface area contributed by atoms with Gasteiger partial charge in [0.2, 0.25) is 0 Å². The molecule has 0 aliphatic heterocycles. The fourth-order valence-electron chi connectivity index (χ4n) is 2.21. The molecule has 1 N–H and O–H groups in total. The van der Waals surface area contributed by atoms with Crippen LogP contribution in [0.4, 0.5) is 0 Å². The second kappa shape index (κ2) is 8.16. The number of hydrogen-bond donors (Lipinski definition) is 1. The average Bonchev–Trinajstić information content (AvgIpc) is 2.37. The third-order valence-corrected chi connectivity index (χ3v) is 3.95. The lowest BCUT2D eigenvalue weighted by atomic mass is 9.93. The summed E-state index contributed by atoms with van der Waals surface area (Å²) >= 11 is 3.49. The number of halogens is 1. The Hall–Kier alpha value is -0.380.